The minimum absolute atomic E-state index is 0.0548. The van der Waals surface area contributed by atoms with Crippen LogP contribution in [0, 0.1) is 0 Å². The van der Waals surface area contributed by atoms with Crippen molar-refractivity contribution in [1.82, 2.24) is 9.80 Å². The van der Waals surface area contributed by atoms with Crippen molar-refractivity contribution in [2.75, 3.05) is 61.2 Å². The summed E-state index contributed by atoms with van der Waals surface area (Å²) in [6.45, 7) is 3.36. The zero-order valence-electron chi connectivity index (χ0n) is 20.2. The van der Waals surface area contributed by atoms with Gasteiger partial charge in [0.05, 0.1) is 28.4 Å². The molecule has 0 spiro atoms. The molecule has 1 fully saturated rings. The van der Waals surface area contributed by atoms with Crippen LogP contribution in [0.5, 0.6) is 23.0 Å². The van der Waals surface area contributed by atoms with Crippen LogP contribution in [0.1, 0.15) is 22.3 Å². The third-order valence-electron chi connectivity index (χ3n) is 5.84. The lowest BCUT2D eigenvalue weighted by molar-refractivity contribution is -0.127. The first-order valence-electron chi connectivity index (χ1n) is 11.2. The molecule has 1 aliphatic heterocycles. The molecule has 8 heteroatoms. The number of hydrogen-bond donors (Lipinski definition) is 0. The molecule has 1 amide bonds. The monoisotopic (exact) mass is 468 g/mol. The van der Waals surface area contributed by atoms with Crippen LogP contribution in [0.2, 0.25) is 0 Å². The standard InChI is InChI=1S/C26H32N2O6/c1-31-21-7-5-6-20(18-21)22(29)10-11-27-12-14-28(15-13-27)25(30)9-8-19-16-23(32-2)26(34-4)24(17-19)33-3/h5-9,16-18H,10-15H2,1-4H3/b9-8+. The Balaban J connectivity index is 1.51. The summed E-state index contributed by atoms with van der Waals surface area (Å²) in [5.74, 6) is 2.29. The number of ketones is 1. The summed E-state index contributed by atoms with van der Waals surface area (Å²) < 4.78 is 21.3. The number of ether oxygens (including phenoxy) is 4. The van der Waals surface area contributed by atoms with E-state index in [1.165, 1.54) is 0 Å². The quantitative estimate of drug-likeness (QED) is 0.392. The van der Waals surface area contributed by atoms with Crippen LogP contribution in [-0.2, 0) is 4.79 Å². The van der Waals surface area contributed by atoms with Gasteiger partial charge in [-0.25, -0.2) is 0 Å². The van der Waals surface area contributed by atoms with Crippen LogP contribution in [0.4, 0.5) is 0 Å². The highest BCUT2D eigenvalue weighted by atomic mass is 16.5. The molecule has 34 heavy (non-hydrogen) atoms. The molecule has 0 atom stereocenters. The van der Waals surface area contributed by atoms with E-state index in [2.05, 4.69) is 4.90 Å². The molecule has 8 nitrogen and oxygen atoms in total. The van der Waals surface area contributed by atoms with E-state index in [9.17, 15) is 9.59 Å². The maximum atomic E-state index is 12.7. The maximum absolute atomic E-state index is 12.7. The predicted octanol–water partition coefficient (Wildman–Crippen LogP) is 3.15. The fourth-order valence-corrected chi connectivity index (χ4v) is 3.86. The van der Waals surface area contributed by atoms with E-state index in [1.807, 2.05) is 23.1 Å². The lowest BCUT2D eigenvalue weighted by Gasteiger charge is -2.34. The second-order valence-electron chi connectivity index (χ2n) is 7.86. The van der Waals surface area contributed by atoms with Crippen LogP contribution in [-0.4, -0.2) is 82.7 Å². The maximum Gasteiger partial charge on any atom is 0.246 e. The van der Waals surface area contributed by atoms with Gasteiger partial charge < -0.3 is 23.8 Å². The fraction of sp³-hybridized carbons (Fsp3) is 0.385. The molecule has 0 radical (unpaired) electrons. The Kier molecular flexibility index (Phi) is 8.93. The SMILES string of the molecule is COc1cccc(C(=O)CCN2CCN(C(=O)/C=C/c3cc(OC)c(OC)c(OC)c3)CC2)c1. The van der Waals surface area contributed by atoms with E-state index >= 15 is 0 Å². The third kappa shape index (κ3) is 6.29. The topological polar surface area (TPSA) is 77.5 Å². The van der Waals surface area contributed by atoms with E-state index in [0.29, 0.717) is 54.6 Å². The number of hydrogen-bond acceptors (Lipinski definition) is 7. The molecule has 0 unspecified atom stereocenters. The van der Waals surface area contributed by atoms with Crippen LogP contribution >= 0.6 is 0 Å². The van der Waals surface area contributed by atoms with E-state index < -0.39 is 0 Å². The summed E-state index contributed by atoms with van der Waals surface area (Å²) >= 11 is 0. The van der Waals surface area contributed by atoms with Gasteiger partial charge in [-0.3, -0.25) is 14.5 Å². The molecule has 0 aliphatic carbocycles. The molecule has 1 saturated heterocycles. The van der Waals surface area contributed by atoms with Crippen LogP contribution in [0.15, 0.2) is 42.5 Å². The smallest absolute Gasteiger partial charge is 0.246 e. The zero-order chi connectivity index (χ0) is 24.5. The molecule has 1 aliphatic rings. The minimum Gasteiger partial charge on any atom is -0.497 e. The number of nitrogens with zero attached hydrogens (tertiary/aromatic N) is 2. The number of carbonyl (C=O) groups excluding carboxylic acids is 2. The minimum atomic E-state index is -0.0548. The first-order valence-corrected chi connectivity index (χ1v) is 11.2. The van der Waals surface area contributed by atoms with E-state index in [1.54, 1.807) is 58.8 Å². The Morgan fingerprint density at radius 3 is 2.15 bits per heavy atom. The molecule has 1 heterocycles. The van der Waals surface area contributed by atoms with E-state index in [-0.39, 0.29) is 11.7 Å². The summed E-state index contributed by atoms with van der Waals surface area (Å²) in [7, 11) is 6.25. The highest BCUT2D eigenvalue weighted by molar-refractivity contribution is 5.96. The normalized spacial score (nSPS) is 14.2. The Morgan fingerprint density at radius 2 is 1.56 bits per heavy atom. The van der Waals surface area contributed by atoms with Crippen molar-refractivity contribution in [2.45, 2.75) is 6.42 Å². The van der Waals surface area contributed by atoms with Gasteiger partial charge in [0.2, 0.25) is 11.7 Å². The lowest BCUT2D eigenvalue weighted by atomic mass is 10.1. The van der Waals surface area contributed by atoms with Crippen LogP contribution < -0.4 is 18.9 Å². The molecule has 182 valence electrons. The van der Waals surface area contributed by atoms with Crippen molar-refractivity contribution >= 4 is 17.8 Å². The number of rotatable bonds is 10. The number of piperazine rings is 1. The van der Waals surface area contributed by atoms with Crippen molar-refractivity contribution < 1.29 is 28.5 Å². The first kappa shape index (κ1) is 25.1. The van der Waals surface area contributed by atoms with Crippen molar-refractivity contribution in [3.63, 3.8) is 0 Å². The Labute approximate surface area is 200 Å². The van der Waals surface area contributed by atoms with E-state index in [0.717, 1.165) is 18.7 Å². The van der Waals surface area contributed by atoms with Gasteiger partial charge in [0.15, 0.2) is 17.3 Å². The van der Waals surface area contributed by atoms with Gasteiger partial charge in [0, 0.05) is 50.8 Å². The van der Waals surface area contributed by atoms with Gasteiger partial charge >= 0.3 is 0 Å². The molecule has 0 aromatic heterocycles. The predicted molar refractivity (Wildman–Crippen MR) is 130 cm³/mol. The molecule has 2 aromatic carbocycles. The Morgan fingerprint density at radius 1 is 0.882 bits per heavy atom. The Bertz CT molecular complexity index is 1000. The zero-order valence-corrected chi connectivity index (χ0v) is 20.2. The summed E-state index contributed by atoms with van der Waals surface area (Å²) in [4.78, 5) is 29.2. The van der Waals surface area contributed by atoms with Crippen molar-refractivity contribution in [2.24, 2.45) is 0 Å². The second kappa shape index (κ2) is 12.1. The van der Waals surface area contributed by atoms with Gasteiger partial charge in [-0.1, -0.05) is 12.1 Å². The molecule has 0 N–H and O–H groups in total. The number of benzene rings is 2. The van der Waals surface area contributed by atoms with Gasteiger partial charge in [-0.05, 0) is 35.9 Å². The average Bonchev–Trinajstić information content (AvgIpc) is 2.89. The molecule has 0 bridgehead atoms. The summed E-state index contributed by atoms with van der Waals surface area (Å²) in [5, 5.41) is 0. The summed E-state index contributed by atoms with van der Waals surface area (Å²) in [6, 6.07) is 10.8. The van der Waals surface area contributed by atoms with Gasteiger partial charge in [0.25, 0.3) is 0 Å². The molecule has 3 rings (SSSR count). The van der Waals surface area contributed by atoms with Gasteiger partial charge in [0.1, 0.15) is 5.75 Å². The largest absolute Gasteiger partial charge is 0.497 e. The van der Waals surface area contributed by atoms with Crippen molar-refractivity contribution in [3.8, 4) is 23.0 Å². The summed E-state index contributed by atoms with van der Waals surface area (Å²) in [6.07, 6.45) is 3.73. The summed E-state index contributed by atoms with van der Waals surface area (Å²) in [5.41, 5.74) is 1.43. The van der Waals surface area contributed by atoms with Crippen molar-refractivity contribution in [3.05, 3.63) is 53.6 Å². The van der Waals surface area contributed by atoms with Crippen molar-refractivity contribution in [1.29, 1.82) is 0 Å². The lowest BCUT2D eigenvalue weighted by Crippen LogP contribution is -2.48. The molecule has 0 saturated carbocycles. The third-order valence-corrected chi connectivity index (χ3v) is 5.84. The number of carbonyl (C=O) groups is 2. The molecular weight excluding hydrogens is 436 g/mol. The number of methoxy groups -OCH3 is 4. The highest BCUT2D eigenvalue weighted by Crippen LogP contribution is 2.38. The average molecular weight is 469 g/mol. The fourth-order valence-electron chi connectivity index (χ4n) is 3.86. The van der Waals surface area contributed by atoms with Gasteiger partial charge in [-0.2, -0.15) is 0 Å². The van der Waals surface area contributed by atoms with E-state index in [4.69, 9.17) is 18.9 Å². The number of amides is 1. The number of Topliss-reactive ketones (excluding diaryl/α,β-unsaturated/α-hetero) is 1. The van der Waals surface area contributed by atoms with Gasteiger partial charge in [-0.15, -0.1) is 0 Å². The first-order chi connectivity index (χ1) is 16.5. The van der Waals surface area contributed by atoms with Crippen LogP contribution in [0.3, 0.4) is 0 Å². The van der Waals surface area contributed by atoms with Crippen LogP contribution in [0.25, 0.3) is 6.08 Å². The Hall–Kier alpha value is -3.52. The molecule has 2 aromatic rings. The highest BCUT2D eigenvalue weighted by Gasteiger charge is 2.20. The second-order valence-corrected chi connectivity index (χ2v) is 7.86. The molecular formula is C26H32N2O6.